The molecule has 0 spiro atoms. The van der Waals surface area contributed by atoms with Gasteiger partial charge in [-0.1, -0.05) is 25.3 Å². The van der Waals surface area contributed by atoms with Crippen molar-refractivity contribution in [2.24, 2.45) is 5.92 Å². The van der Waals surface area contributed by atoms with E-state index in [-0.39, 0.29) is 0 Å². The minimum absolute atomic E-state index is 0.507. The molecule has 3 atom stereocenters. The van der Waals surface area contributed by atoms with E-state index in [1.807, 2.05) is 11.1 Å². The number of hydrogen-bond donors (Lipinski definition) is 0. The van der Waals surface area contributed by atoms with Crippen LogP contribution >= 0.6 is 0 Å². The summed E-state index contributed by atoms with van der Waals surface area (Å²) in [5.41, 5.74) is 4.27. The summed E-state index contributed by atoms with van der Waals surface area (Å²) in [5, 5.41) is 0. The summed E-state index contributed by atoms with van der Waals surface area (Å²) in [7, 11) is 2.57. The van der Waals surface area contributed by atoms with Crippen LogP contribution in [0, 0.1) is 5.92 Å². The molecule has 1 fully saturated rings. The van der Waals surface area contributed by atoms with E-state index in [9.17, 15) is 0 Å². The molecular weight excluding hydrogens is 230 g/mol. The molecular formula is C18H32N+. The largest absolute Gasteiger partial charge is 0.317 e. The fraction of sp³-hybridized carbons (Fsp3) is 0.889. The van der Waals surface area contributed by atoms with E-state index < -0.39 is 0 Å². The molecule has 0 N–H and O–H groups in total. The van der Waals surface area contributed by atoms with Crippen molar-refractivity contribution in [1.82, 2.24) is 0 Å². The molecule has 1 heteroatoms. The Morgan fingerprint density at radius 2 is 2.11 bits per heavy atom. The molecule has 19 heavy (non-hydrogen) atoms. The van der Waals surface area contributed by atoms with Gasteiger partial charge in [0.2, 0.25) is 0 Å². The minimum Gasteiger partial charge on any atom is -0.317 e. The number of rotatable bonds is 3. The Kier molecular flexibility index (Phi) is 3.53. The summed E-state index contributed by atoms with van der Waals surface area (Å²) < 4.78 is 1.36. The van der Waals surface area contributed by atoms with E-state index in [0.717, 1.165) is 5.92 Å². The van der Waals surface area contributed by atoms with Crippen LogP contribution in [0.4, 0.5) is 0 Å². The Labute approximate surface area is 119 Å². The summed E-state index contributed by atoms with van der Waals surface area (Å²) in [6.45, 7) is 7.80. The number of hydrogen-bond acceptors (Lipinski definition) is 0. The molecule has 0 aromatic rings. The van der Waals surface area contributed by atoms with Crippen LogP contribution in [-0.4, -0.2) is 30.2 Å². The van der Waals surface area contributed by atoms with Gasteiger partial charge in [-0.15, -0.1) is 0 Å². The fourth-order valence-electron chi connectivity index (χ4n) is 5.27. The summed E-state index contributed by atoms with van der Waals surface area (Å²) >= 11 is 0. The highest BCUT2D eigenvalue weighted by Crippen LogP contribution is 2.51. The standard InChI is InChI=1S/C18H32N/c1-4-5-7-15-10-12-18(2)17-9-6-8-16(17)11-13-19(18,3)14-15/h15H,4-14H2,1-3H3/q+1/t15-,18-,19+/m1/s1. The maximum atomic E-state index is 2.60. The number of fused-ring (bicyclic) bond motifs is 2. The Morgan fingerprint density at radius 3 is 2.89 bits per heavy atom. The lowest BCUT2D eigenvalue weighted by molar-refractivity contribution is -0.961. The molecule has 1 nitrogen and oxygen atoms in total. The van der Waals surface area contributed by atoms with Gasteiger partial charge in [0.05, 0.1) is 20.1 Å². The Bertz CT molecular complexity index is 383. The Hall–Kier alpha value is -0.300. The van der Waals surface area contributed by atoms with Crippen molar-refractivity contribution < 1.29 is 4.48 Å². The van der Waals surface area contributed by atoms with Gasteiger partial charge in [0.1, 0.15) is 5.54 Å². The first-order valence-electron chi connectivity index (χ1n) is 8.65. The monoisotopic (exact) mass is 262 g/mol. The summed E-state index contributed by atoms with van der Waals surface area (Å²) in [6, 6.07) is 0. The normalized spacial score (nSPS) is 42.2. The number of nitrogens with zero attached hydrogens (tertiary/aromatic N) is 1. The molecule has 3 rings (SSSR count). The third-order valence-corrected chi connectivity index (χ3v) is 6.75. The van der Waals surface area contributed by atoms with Crippen LogP contribution in [0.3, 0.4) is 0 Å². The maximum absolute atomic E-state index is 2.60. The van der Waals surface area contributed by atoms with Gasteiger partial charge in [-0.25, -0.2) is 0 Å². The molecule has 1 saturated heterocycles. The highest BCUT2D eigenvalue weighted by atomic mass is 15.4. The molecule has 0 amide bonds. The first kappa shape index (κ1) is 13.7. The molecule has 108 valence electrons. The molecule has 2 heterocycles. The molecule has 0 aromatic carbocycles. The van der Waals surface area contributed by atoms with Crippen LogP contribution in [0.5, 0.6) is 0 Å². The van der Waals surface area contributed by atoms with Gasteiger partial charge in [-0.3, -0.25) is 0 Å². The first-order valence-corrected chi connectivity index (χ1v) is 8.65. The second-order valence-electron chi connectivity index (χ2n) is 7.81. The second kappa shape index (κ2) is 4.91. The van der Waals surface area contributed by atoms with Crippen LogP contribution in [0.1, 0.15) is 71.6 Å². The predicted molar refractivity (Wildman–Crippen MR) is 82.1 cm³/mol. The molecule has 0 bridgehead atoms. The minimum atomic E-state index is 0.507. The Balaban J connectivity index is 1.81. The van der Waals surface area contributed by atoms with Crippen molar-refractivity contribution in [3.63, 3.8) is 0 Å². The maximum Gasteiger partial charge on any atom is 0.118 e. The van der Waals surface area contributed by atoms with Gasteiger partial charge in [0.15, 0.2) is 0 Å². The van der Waals surface area contributed by atoms with Gasteiger partial charge in [-0.2, -0.15) is 0 Å². The second-order valence-corrected chi connectivity index (χ2v) is 7.81. The van der Waals surface area contributed by atoms with Crippen LogP contribution < -0.4 is 0 Å². The van der Waals surface area contributed by atoms with Crippen molar-refractivity contribution in [2.75, 3.05) is 20.1 Å². The molecule has 0 radical (unpaired) electrons. The van der Waals surface area contributed by atoms with Crippen molar-refractivity contribution >= 4 is 0 Å². The number of unbranched alkanes of at least 4 members (excludes halogenated alkanes) is 1. The van der Waals surface area contributed by atoms with Crippen molar-refractivity contribution in [1.29, 1.82) is 0 Å². The molecule has 2 aliphatic heterocycles. The smallest absolute Gasteiger partial charge is 0.118 e. The zero-order valence-electron chi connectivity index (χ0n) is 13.3. The zero-order chi connectivity index (χ0) is 13.5. The van der Waals surface area contributed by atoms with Gasteiger partial charge < -0.3 is 4.48 Å². The van der Waals surface area contributed by atoms with Crippen LogP contribution in [0.2, 0.25) is 0 Å². The fourth-order valence-corrected chi connectivity index (χ4v) is 5.27. The van der Waals surface area contributed by atoms with Gasteiger partial charge in [0.25, 0.3) is 0 Å². The average Bonchev–Trinajstić information content (AvgIpc) is 2.87. The predicted octanol–water partition coefficient (Wildman–Crippen LogP) is 4.68. The van der Waals surface area contributed by atoms with Crippen LogP contribution in [0.15, 0.2) is 11.1 Å². The summed E-state index contributed by atoms with van der Waals surface area (Å²) in [4.78, 5) is 0. The third-order valence-electron chi connectivity index (χ3n) is 6.75. The van der Waals surface area contributed by atoms with Crippen LogP contribution in [0.25, 0.3) is 0 Å². The molecule has 1 aliphatic carbocycles. The van der Waals surface area contributed by atoms with Crippen LogP contribution in [-0.2, 0) is 0 Å². The lowest BCUT2D eigenvalue weighted by Crippen LogP contribution is -2.67. The van der Waals surface area contributed by atoms with Gasteiger partial charge in [-0.05, 0) is 44.6 Å². The summed E-state index contributed by atoms with van der Waals surface area (Å²) in [5.74, 6) is 1.00. The van der Waals surface area contributed by atoms with Crippen molar-refractivity contribution in [3.8, 4) is 0 Å². The van der Waals surface area contributed by atoms with E-state index in [0.29, 0.717) is 5.54 Å². The van der Waals surface area contributed by atoms with Gasteiger partial charge >= 0.3 is 0 Å². The molecule has 0 aromatic heterocycles. The van der Waals surface area contributed by atoms with E-state index in [1.54, 1.807) is 0 Å². The third kappa shape index (κ3) is 2.09. The number of piperidine rings is 1. The topological polar surface area (TPSA) is 0 Å². The Morgan fingerprint density at radius 1 is 1.26 bits per heavy atom. The summed E-state index contributed by atoms with van der Waals surface area (Å²) in [6.07, 6.45) is 12.9. The SMILES string of the molecule is CCCC[C@@H]1CC[C@]2(C)C3=C(CCC3)CC[N@@+]2(C)C1. The van der Waals surface area contributed by atoms with E-state index in [4.69, 9.17) is 0 Å². The van der Waals surface area contributed by atoms with Crippen molar-refractivity contribution in [2.45, 2.75) is 77.2 Å². The van der Waals surface area contributed by atoms with E-state index >= 15 is 0 Å². The van der Waals surface area contributed by atoms with Crippen molar-refractivity contribution in [3.05, 3.63) is 11.1 Å². The molecule has 3 aliphatic rings. The molecule has 0 unspecified atom stereocenters. The molecule has 0 saturated carbocycles. The van der Waals surface area contributed by atoms with E-state index in [2.05, 4.69) is 20.9 Å². The lowest BCUT2D eigenvalue weighted by Gasteiger charge is -2.57. The number of likely N-dealkylation sites (N-methyl/N-ethyl adjacent to an activating group) is 1. The van der Waals surface area contributed by atoms with E-state index in [1.165, 1.54) is 75.4 Å². The quantitative estimate of drug-likeness (QED) is 0.512. The average molecular weight is 262 g/mol. The number of quaternary nitrogens is 1. The lowest BCUT2D eigenvalue weighted by atomic mass is 9.71. The highest BCUT2D eigenvalue weighted by molar-refractivity contribution is 5.30. The first-order chi connectivity index (χ1) is 9.09. The van der Waals surface area contributed by atoms with Gasteiger partial charge in [0, 0.05) is 18.8 Å². The zero-order valence-corrected chi connectivity index (χ0v) is 13.3. The highest BCUT2D eigenvalue weighted by Gasteiger charge is 2.54.